The van der Waals surface area contributed by atoms with Crippen molar-refractivity contribution in [2.45, 2.75) is 39.8 Å². The molecule has 0 atom stereocenters. The molecule has 0 bridgehead atoms. The first-order valence-electron chi connectivity index (χ1n) is 10.2. The van der Waals surface area contributed by atoms with E-state index < -0.39 is 0 Å². The molecule has 2 N–H and O–H groups in total. The van der Waals surface area contributed by atoms with Crippen LogP contribution in [0.1, 0.15) is 36.5 Å². The van der Waals surface area contributed by atoms with Gasteiger partial charge in [0.25, 0.3) is 0 Å². The normalized spacial score (nSPS) is 14.8. The van der Waals surface area contributed by atoms with E-state index in [9.17, 15) is 0 Å². The third-order valence-electron chi connectivity index (χ3n) is 5.10. The van der Waals surface area contributed by atoms with Gasteiger partial charge in [0.15, 0.2) is 11.5 Å². The molecule has 0 aliphatic carbocycles. The summed E-state index contributed by atoms with van der Waals surface area (Å²) < 4.78 is 13.0. The molecule has 1 heterocycles. The third-order valence-corrected chi connectivity index (χ3v) is 5.83. The van der Waals surface area contributed by atoms with Gasteiger partial charge in [0, 0.05) is 11.0 Å². The van der Waals surface area contributed by atoms with Crippen LogP contribution in [0.15, 0.2) is 40.9 Å². The molecule has 5 heteroatoms. The summed E-state index contributed by atoms with van der Waals surface area (Å²) in [7, 11) is 0. The highest BCUT2D eigenvalue weighted by atomic mass is 79.9. The first kappa shape index (κ1) is 21.2. The Morgan fingerprint density at radius 2 is 1.89 bits per heavy atom. The third kappa shape index (κ3) is 6.23. The minimum atomic E-state index is 0.529. The van der Waals surface area contributed by atoms with Gasteiger partial charge in [0.1, 0.15) is 6.61 Å². The first-order valence-corrected chi connectivity index (χ1v) is 11.0. The van der Waals surface area contributed by atoms with E-state index in [-0.39, 0.29) is 0 Å². The lowest BCUT2D eigenvalue weighted by Gasteiger charge is -2.23. The van der Waals surface area contributed by atoms with Crippen LogP contribution in [0.3, 0.4) is 0 Å². The lowest BCUT2D eigenvalue weighted by atomic mass is 9.98. The number of ether oxygens (including phenoxy) is 2. The van der Waals surface area contributed by atoms with Gasteiger partial charge in [-0.05, 0) is 75.5 Å². The van der Waals surface area contributed by atoms with Crippen LogP contribution in [0.4, 0.5) is 0 Å². The van der Waals surface area contributed by atoms with E-state index >= 15 is 0 Å². The second-order valence-electron chi connectivity index (χ2n) is 7.43. The Morgan fingerprint density at radius 1 is 1.11 bits per heavy atom. The second kappa shape index (κ2) is 10.8. The molecule has 0 spiro atoms. The molecule has 0 saturated carbocycles. The molecular weight excluding hydrogens is 416 g/mol. The number of hydrogen-bond acceptors (Lipinski definition) is 4. The maximum Gasteiger partial charge on any atom is 0.162 e. The molecule has 0 radical (unpaired) electrons. The molecule has 0 unspecified atom stereocenters. The maximum atomic E-state index is 6.08. The summed E-state index contributed by atoms with van der Waals surface area (Å²) in [4.78, 5) is 0. The molecule has 0 amide bonds. The molecule has 1 fully saturated rings. The Bertz CT molecular complexity index is 760. The van der Waals surface area contributed by atoms with Gasteiger partial charge >= 0.3 is 0 Å². The molecule has 152 valence electrons. The Balaban J connectivity index is 1.63. The monoisotopic (exact) mass is 446 g/mol. The van der Waals surface area contributed by atoms with Crippen LogP contribution in [0.5, 0.6) is 11.5 Å². The molecule has 0 aromatic heterocycles. The van der Waals surface area contributed by atoms with Gasteiger partial charge in [-0.3, -0.25) is 0 Å². The quantitative estimate of drug-likeness (QED) is 0.578. The minimum absolute atomic E-state index is 0.529. The first-order chi connectivity index (χ1) is 13.7. The number of aryl methyl sites for hydroxylation is 1. The zero-order valence-corrected chi connectivity index (χ0v) is 18.5. The van der Waals surface area contributed by atoms with Gasteiger partial charge < -0.3 is 20.1 Å². The summed E-state index contributed by atoms with van der Waals surface area (Å²) in [5, 5.41) is 7.03. The van der Waals surface area contributed by atoms with E-state index in [2.05, 4.69) is 63.8 Å². The lowest BCUT2D eigenvalue weighted by molar-refractivity contribution is 0.268. The Kier molecular flexibility index (Phi) is 8.19. The van der Waals surface area contributed by atoms with Gasteiger partial charge in [-0.25, -0.2) is 0 Å². The van der Waals surface area contributed by atoms with E-state index in [4.69, 9.17) is 9.47 Å². The smallest absolute Gasteiger partial charge is 0.162 e. The zero-order valence-electron chi connectivity index (χ0n) is 16.9. The lowest BCUT2D eigenvalue weighted by Crippen LogP contribution is -2.33. The van der Waals surface area contributed by atoms with Gasteiger partial charge in [-0.2, -0.15) is 0 Å². The second-order valence-corrected chi connectivity index (χ2v) is 8.28. The number of benzene rings is 2. The number of rotatable bonds is 9. The average Bonchev–Trinajstić information content (AvgIpc) is 2.70. The Morgan fingerprint density at radius 3 is 2.64 bits per heavy atom. The van der Waals surface area contributed by atoms with E-state index in [0.717, 1.165) is 53.6 Å². The fraction of sp³-hybridized carbons (Fsp3) is 0.478. The van der Waals surface area contributed by atoms with Gasteiger partial charge in [0.05, 0.1) is 6.61 Å². The fourth-order valence-corrected chi connectivity index (χ4v) is 4.02. The van der Waals surface area contributed by atoms with Crippen molar-refractivity contribution in [3.8, 4) is 11.5 Å². The Labute approximate surface area is 177 Å². The summed E-state index contributed by atoms with van der Waals surface area (Å²) in [6.07, 6.45) is 2.51. The molecule has 3 rings (SSSR count). The van der Waals surface area contributed by atoms with Crippen LogP contribution in [-0.2, 0) is 13.2 Å². The number of nitrogens with one attached hydrogen (secondary N) is 2. The van der Waals surface area contributed by atoms with Gasteiger partial charge in [0.2, 0.25) is 0 Å². The molecule has 28 heavy (non-hydrogen) atoms. The molecule has 4 nitrogen and oxygen atoms in total. The van der Waals surface area contributed by atoms with Crippen molar-refractivity contribution >= 4 is 15.9 Å². The fourth-order valence-electron chi connectivity index (χ4n) is 3.55. The minimum Gasteiger partial charge on any atom is -0.490 e. The van der Waals surface area contributed by atoms with Crippen molar-refractivity contribution in [2.24, 2.45) is 5.92 Å². The van der Waals surface area contributed by atoms with Crippen molar-refractivity contribution in [1.29, 1.82) is 0 Å². The summed E-state index contributed by atoms with van der Waals surface area (Å²) >= 11 is 3.71. The molecule has 2 aromatic carbocycles. The van der Waals surface area contributed by atoms with Crippen LogP contribution in [0, 0.1) is 12.8 Å². The highest BCUT2D eigenvalue weighted by Crippen LogP contribution is 2.34. The van der Waals surface area contributed by atoms with E-state index in [1.807, 2.05) is 13.0 Å². The van der Waals surface area contributed by atoms with Crippen LogP contribution < -0.4 is 20.1 Å². The van der Waals surface area contributed by atoms with E-state index in [1.54, 1.807) is 0 Å². The predicted octanol–water partition coefficient (Wildman–Crippen LogP) is 4.82. The van der Waals surface area contributed by atoms with Crippen molar-refractivity contribution in [3.63, 3.8) is 0 Å². The summed E-state index contributed by atoms with van der Waals surface area (Å²) in [6.45, 7) is 9.39. The van der Waals surface area contributed by atoms with Crippen molar-refractivity contribution in [3.05, 3.63) is 57.6 Å². The van der Waals surface area contributed by atoms with Crippen LogP contribution in [-0.4, -0.2) is 26.2 Å². The zero-order chi connectivity index (χ0) is 19.8. The number of hydrogen-bond donors (Lipinski definition) is 2. The summed E-state index contributed by atoms with van der Waals surface area (Å²) in [6, 6.07) is 12.5. The largest absolute Gasteiger partial charge is 0.490 e. The average molecular weight is 447 g/mol. The molecular formula is C23H31BrN2O2. The van der Waals surface area contributed by atoms with Crippen molar-refractivity contribution in [1.82, 2.24) is 10.6 Å². The SMILES string of the molecule is CCOc1cc(CNCC2CCNCC2)c(Br)cc1OCc1cccc(C)c1. The predicted molar refractivity (Wildman–Crippen MR) is 118 cm³/mol. The summed E-state index contributed by atoms with van der Waals surface area (Å²) in [5.41, 5.74) is 3.59. The summed E-state index contributed by atoms with van der Waals surface area (Å²) in [5.74, 6) is 2.35. The van der Waals surface area contributed by atoms with Gasteiger partial charge in [-0.15, -0.1) is 0 Å². The molecule has 1 aliphatic heterocycles. The van der Waals surface area contributed by atoms with Crippen LogP contribution >= 0.6 is 15.9 Å². The van der Waals surface area contributed by atoms with Crippen LogP contribution in [0.25, 0.3) is 0 Å². The highest BCUT2D eigenvalue weighted by molar-refractivity contribution is 9.10. The van der Waals surface area contributed by atoms with Crippen LogP contribution in [0.2, 0.25) is 0 Å². The molecule has 1 aliphatic rings. The van der Waals surface area contributed by atoms with E-state index in [0.29, 0.717) is 13.2 Å². The van der Waals surface area contributed by atoms with Crippen molar-refractivity contribution in [2.75, 3.05) is 26.2 Å². The molecule has 2 aromatic rings. The van der Waals surface area contributed by atoms with Gasteiger partial charge in [-0.1, -0.05) is 45.8 Å². The topological polar surface area (TPSA) is 42.5 Å². The number of halogens is 1. The standard InChI is InChI=1S/C23H31BrN2O2/c1-3-27-22-12-20(15-26-14-18-7-9-25-10-8-18)21(24)13-23(22)28-16-19-6-4-5-17(2)11-19/h4-6,11-13,18,25-26H,3,7-10,14-16H2,1-2H3. The van der Waals surface area contributed by atoms with E-state index in [1.165, 1.54) is 24.0 Å². The number of piperidine rings is 1. The highest BCUT2D eigenvalue weighted by Gasteiger charge is 2.14. The Hall–Kier alpha value is -1.56. The van der Waals surface area contributed by atoms with Crippen molar-refractivity contribution < 1.29 is 9.47 Å². The molecule has 1 saturated heterocycles. The maximum absolute atomic E-state index is 6.08.